The number of benzene rings is 1. The minimum absolute atomic E-state index is 0.197. The lowest BCUT2D eigenvalue weighted by molar-refractivity contribution is -0.138. The number of amides is 1. The first-order chi connectivity index (χ1) is 11.7. The maximum Gasteiger partial charge on any atom is 0.227 e. The molecule has 3 rings (SSSR count). The summed E-state index contributed by atoms with van der Waals surface area (Å²) in [4.78, 5) is 21.1. The third-order valence-corrected chi connectivity index (χ3v) is 5.82. The van der Waals surface area contributed by atoms with E-state index in [0.29, 0.717) is 5.92 Å². The lowest BCUT2D eigenvalue weighted by Crippen LogP contribution is -2.42. The number of carbonyl (C=O) groups is 1. The van der Waals surface area contributed by atoms with Crippen LogP contribution in [0.5, 0.6) is 0 Å². The molecule has 0 spiro atoms. The van der Waals surface area contributed by atoms with Gasteiger partial charge in [-0.05, 0) is 37.0 Å². The summed E-state index contributed by atoms with van der Waals surface area (Å²) in [7, 11) is 1.90. The number of rotatable bonds is 3. The van der Waals surface area contributed by atoms with Crippen molar-refractivity contribution in [3.05, 3.63) is 24.0 Å². The minimum Gasteiger partial charge on any atom is -0.348 e. The number of nitrogens with zero attached hydrogens (tertiary/aromatic N) is 3. The minimum atomic E-state index is -0.328. The molecule has 1 aromatic carbocycles. The van der Waals surface area contributed by atoms with Gasteiger partial charge < -0.3 is 9.80 Å². The number of fused-ring (bicyclic) bond motifs is 1. The van der Waals surface area contributed by atoms with E-state index in [1.54, 1.807) is 23.5 Å². The molecule has 0 radical (unpaired) electrons. The highest BCUT2D eigenvalue weighted by Crippen LogP contribution is 2.32. The van der Waals surface area contributed by atoms with Crippen LogP contribution < -0.4 is 4.90 Å². The van der Waals surface area contributed by atoms with Crippen LogP contribution in [-0.4, -0.2) is 42.5 Å². The molecule has 1 fully saturated rings. The van der Waals surface area contributed by atoms with Crippen molar-refractivity contribution < 1.29 is 9.18 Å². The summed E-state index contributed by atoms with van der Waals surface area (Å²) in [5, 5.41) is 0.971. The smallest absolute Gasteiger partial charge is 0.227 e. The second-order valence-electron chi connectivity index (χ2n) is 7.97. The van der Waals surface area contributed by atoms with E-state index in [-0.39, 0.29) is 17.1 Å². The SMILES string of the molecule is CN(CC1CCN(c2nc3ccc(F)cc3s2)CC1)C(=O)C(C)(C)C. The van der Waals surface area contributed by atoms with Gasteiger partial charge in [0, 0.05) is 32.1 Å². The molecule has 0 atom stereocenters. The summed E-state index contributed by atoms with van der Waals surface area (Å²) in [6.07, 6.45) is 2.10. The van der Waals surface area contributed by atoms with E-state index >= 15 is 0 Å². The van der Waals surface area contributed by atoms with Crippen LogP contribution in [0.4, 0.5) is 9.52 Å². The van der Waals surface area contributed by atoms with Crippen molar-refractivity contribution in [1.29, 1.82) is 0 Å². The Kier molecular flexibility index (Phi) is 5.00. The number of aromatic nitrogens is 1. The average Bonchev–Trinajstić information content (AvgIpc) is 2.97. The molecule has 0 saturated carbocycles. The highest BCUT2D eigenvalue weighted by atomic mass is 32.1. The van der Waals surface area contributed by atoms with Crippen LogP contribution in [0.15, 0.2) is 18.2 Å². The molecular formula is C19H26FN3OS. The molecule has 1 aromatic heterocycles. The molecule has 1 aliphatic heterocycles. The Labute approximate surface area is 152 Å². The van der Waals surface area contributed by atoms with E-state index in [4.69, 9.17) is 0 Å². The monoisotopic (exact) mass is 363 g/mol. The van der Waals surface area contributed by atoms with E-state index in [1.165, 1.54) is 6.07 Å². The largest absolute Gasteiger partial charge is 0.348 e. The van der Waals surface area contributed by atoms with Gasteiger partial charge >= 0.3 is 0 Å². The van der Waals surface area contributed by atoms with Crippen molar-refractivity contribution in [3.8, 4) is 0 Å². The van der Waals surface area contributed by atoms with Gasteiger partial charge in [-0.2, -0.15) is 0 Å². The third kappa shape index (κ3) is 4.11. The molecular weight excluding hydrogens is 337 g/mol. The van der Waals surface area contributed by atoms with Crippen LogP contribution in [0.25, 0.3) is 10.2 Å². The Balaban J connectivity index is 1.58. The van der Waals surface area contributed by atoms with E-state index in [9.17, 15) is 9.18 Å². The van der Waals surface area contributed by atoms with Crippen molar-refractivity contribution in [2.45, 2.75) is 33.6 Å². The topological polar surface area (TPSA) is 36.4 Å². The van der Waals surface area contributed by atoms with E-state index in [1.807, 2.05) is 32.7 Å². The molecule has 2 aromatic rings. The van der Waals surface area contributed by atoms with Crippen LogP contribution >= 0.6 is 11.3 Å². The number of anilines is 1. The molecule has 1 amide bonds. The molecule has 0 aliphatic carbocycles. The van der Waals surface area contributed by atoms with Gasteiger partial charge in [0.15, 0.2) is 5.13 Å². The highest BCUT2D eigenvalue weighted by Gasteiger charge is 2.28. The predicted molar refractivity (Wildman–Crippen MR) is 102 cm³/mol. The van der Waals surface area contributed by atoms with Gasteiger partial charge in [-0.3, -0.25) is 4.79 Å². The van der Waals surface area contributed by atoms with Crippen molar-refractivity contribution in [2.24, 2.45) is 11.3 Å². The van der Waals surface area contributed by atoms with Crippen LogP contribution in [-0.2, 0) is 4.79 Å². The first kappa shape index (κ1) is 18.1. The summed E-state index contributed by atoms with van der Waals surface area (Å²) >= 11 is 1.55. The average molecular weight is 364 g/mol. The summed E-state index contributed by atoms with van der Waals surface area (Å²) < 4.78 is 14.2. The summed E-state index contributed by atoms with van der Waals surface area (Å²) in [6.45, 7) is 8.57. The van der Waals surface area contributed by atoms with Crippen LogP contribution in [0, 0.1) is 17.2 Å². The Bertz CT molecular complexity index is 760. The molecule has 1 saturated heterocycles. The maximum absolute atomic E-state index is 13.3. The van der Waals surface area contributed by atoms with Crippen LogP contribution in [0.2, 0.25) is 0 Å². The molecule has 1 aliphatic rings. The standard InChI is InChI=1S/C19H26FN3OS/c1-19(2,3)17(24)22(4)12-13-7-9-23(10-8-13)18-21-15-6-5-14(20)11-16(15)25-18/h5-6,11,13H,7-10,12H2,1-4H3. The van der Waals surface area contributed by atoms with Crippen LogP contribution in [0.1, 0.15) is 33.6 Å². The van der Waals surface area contributed by atoms with Gasteiger partial charge in [0.2, 0.25) is 5.91 Å². The zero-order valence-electron chi connectivity index (χ0n) is 15.4. The van der Waals surface area contributed by atoms with Crippen LogP contribution in [0.3, 0.4) is 0 Å². The van der Waals surface area contributed by atoms with E-state index in [0.717, 1.165) is 47.8 Å². The fourth-order valence-corrected chi connectivity index (χ4v) is 4.41. The summed E-state index contributed by atoms with van der Waals surface area (Å²) in [5.41, 5.74) is 0.533. The fraction of sp³-hybridized carbons (Fsp3) is 0.579. The molecule has 2 heterocycles. The lowest BCUT2D eigenvalue weighted by atomic mass is 9.92. The van der Waals surface area contributed by atoms with Gasteiger partial charge in [0.05, 0.1) is 10.2 Å². The first-order valence-electron chi connectivity index (χ1n) is 8.80. The molecule has 6 heteroatoms. The van der Waals surface area contributed by atoms with E-state index < -0.39 is 0 Å². The van der Waals surface area contributed by atoms with Gasteiger partial charge in [-0.25, -0.2) is 9.37 Å². The normalized spacial score (nSPS) is 16.4. The lowest BCUT2D eigenvalue weighted by Gasteiger charge is -2.35. The number of hydrogen-bond acceptors (Lipinski definition) is 4. The van der Waals surface area contributed by atoms with E-state index in [2.05, 4.69) is 9.88 Å². The molecule has 25 heavy (non-hydrogen) atoms. The Morgan fingerprint density at radius 2 is 2.04 bits per heavy atom. The zero-order chi connectivity index (χ0) is 18.2. The molecule has 136 valence electrons. The Morgan fingerprint density at radius 1 is 1.36 bits per heavy atom. The van der Waals surface area contributed by atoms with Gasteiger partial charge in [0.25, 0.3) is 0 Å². The van der Waals surface area contributed by atoms with Crippen molar-refractivity contribution in [2.75, 3.05) is 31.6 Å². The van der Waals surface area contributed by atoms with Crippen molar-refractivity contribution in [3.63, 3.8) is 0 Å². The number of carbonyl (C=O) groups excluding carboxylic acids is 1. The Morgan fingerprint density at radius 3 is 2.68 bits per heavy atom. The number of thiazole rings is 1. The predicted octanol–water partition coefficient (Wildman–Crippen LogP) is 4.16. The molecule has 4 nitrogen and oxygen atoms in total. The number of halogens is 1. The van der Waals surface area contributed by atoms with Crippen molar-refractivity contribution in [1.82, 2.24) is 9.88 Å². The zero-order valence-corrected chi connectivity index (χ0v) is 16.2. The second kappa shape index (κ2) is 6.90. The van der Waals surface area contributed by atoms with Gasteiger partial charge in [0.1, 0.15) is 5.82 Å². The highest BCUT2D eigenvalue weighted by molar-refractivity contribution is 7.22. The maximum atomic E-state index is 13.3. The van der Waals surface area contributed by atoms with Crippen molar-refractivity contribution >= 4 is 32.6 Å². The quantitative estimate of drug-likeness (QED) is 0.822. The molecule has 0 unspecified atom stereocenters. The van der Waals surface area contributed by atoms with Gasteiger partial charge in [-0.1, -0.05) is 32.1 Å². The summed E-state index contributed by atoms with van der Waals surface area (Å²) in [5.74, 6) is 0.510. The second-order valence-corrected chi connectivity index (χ2v) is 8.98. The first-order valence-corrected chi connectivity index (χ1v) is 9.62. The Hall–Kier alpha value is -1.69. The summed E-state index contributed by atoms with van der Waals surface area (Å²) in [6, 6.07) is 4.75. The van der Waals surface area contributed by atoms with Gasteiger partial charge in [-0.15, -0.1) is 0 Å². The third-order valence-electron chi connectivity index (χ3n) is 4.74. The number of piperidine rings is 1. The molecule has 0 bridgehead atoms. The number of hydrogen-bond donors (Lipinski definition) is 0. The fourth-order valence-electron chi connectivity index (χ4n) is 3.37. The molecule has 0 N–H and O–H groups in total.